The Bertz CT molecular complexity index is 833. The highest BCUT2D eigenvalue weighted by Crippen LogP contribution is 2.41. The maximum Gasteiger partial charge on any atom is 0.259 e. The van der Waals surface area contributed by atoms with Gasteiger partial charge in [0, 0.05) is 37.8 Å². The molecule has 7 heteroatoms. The third-order valence-corrected chi connectivity index (χ3v) is 5.94. The number of rotatable bonds is 3. The third kappa shape index (κ3) is 2.79. The number of pyridine rings is 1. The maximum absolute atomic E-state index is 13.4. The van der Waals surface area contributed by atoms with Gasteiger partial charge in [-0.1, -0.05) is 19.0 Å². The molecule has 6 nitrogen and oxygen atoms in total. The number of nitrogens with one attached hydrogen (secondary N) is 1. The number of hydrogen-bond acceptors (Lipinski definition) is 5. The molecule has 2 saturated heterocycles. The molecule has 0 bridgehead atoms. The highest BCUT2D eigenvalue weighted by molar-refractivity contribution is 6.06. The lowest BCUT2D eigenvalue weighted by Gasteiger charge is -2.18. The molecule has 140 valence electrons. The molecule has 2 aliphatic heterocycles. The number of nitrogens with zero attached hydrogens (tertiary/aromatic N) is 3. The molecule has 1 aliphatic carbocycles. The topological polar surface area (TPSA) is 71.3 Å². The Labute approximate surface area is 159 Å². The molecule has 2 aromatic heterocycles. The largest absolute Gasteiger partial charge is 0.338 e. The molecule has 1 saturated carbocycles. The average Bonchev–Trinajstić information content (AvgIpc) is 3.02. The maximum atomic E-state index is 13.4. The van der Waals surface area contributed by atoms with Crippen molar-refractivity contribution in [1.82, 2.24) is 20.4 Å². The normalized spacial score (nSPS) is 25.0. The van der Waals surface area contributed by atoms with E-state index in [9.17, 15) is 4.79 Å². The number of halogens is 1. The number of carbonyl (C=O) groups is 1. The molecular formula is C19H25ClN4O2. The lowest BCUT2D eigenvalue weighted by Crippen LogP contribution is -2.32. The summed E-state index contributed by atoms with van der Waals surface area (Å²) in [6.07, 6.45) is 2.30. The number of aromatic nitrogens is 2. The predicted molar refractivity (Wildman–Crippen MR) is 101 cm³/mol. The summed E-state index contributed by atoms with van der Waals surface area (Å²) in [6, 6.07) is 2.01. The number of fused-ring (bicyclic) bond motifs is 2. The lowest BCUT2D eigenvalue weighted by atomic mass is 10.0. The van der Waals surface area contributed by atoms with E-state index >= 15 is 0 Å². The summed E-state index contributed by atoms with van der Waals surface area (Å²) in [5.74, 6) is 1.98. The number of likely N-dealkylation sites (tertiary alicyclic amines) is 1. The van der Waals surface area contributed by atoms with Crippen LogP contribution in [-0.4, -0.2) is 47.1 Å². The SMILES string of the molecule is CC(C)c1noc2nc(C3CC3)cc(C(=O)N3C[C@H]4CNC[C@H]4C3)c12.Cl. The van der Waals surface area contributed by atoms with Gasteiger partial charge in [-0.05, 0) is 36.7 Å². The Morgan fingerprint density at radius 2 is 1.96 bits per heavy atom. The van der Waals surface area contributed by atoms with Gasteiger partial charge in [0.25, 0.3) is 11.6 Å². The number of carbonyl (C=O) groups excluding carboxylic acids is 1. The molecule has 5 rings (SSSR count). The van der Waals surface area contributed by atoms with Crippen molar-refractivity contribution in [3.05, 3.63) is 23.0 Å². The summed E-state index contributed by atoms with van der Waals surface area (Å²) in [7, 11) is 0. The van der Waals surface area contributed by atoms with Crippen LogP contribution < -0.4 is 5.32 Å². The van der Waals surface area contributed by atoms with E-state index in [0.717, 1.165) is 61.4 Å². The van der Waals surface area contributed by atoms with Gasteiger partial charge in [-0.3, -0.25) is 4.79 Å². The molecule has 0 radical (unpaired) electrons. The van der Waals surface area contributed by atoms with Gasteiger partial charge in [0.1, 0.15) is 0 Å². The molecule has 1 N–H and O–H groups in total. The zero-order chi connectivity index (χ0) is 17.1. The fourth-order valence-corrected chi connectivity index (χ4v) is 4.33. The van der Waals surface area contributed by atoms with Crippen molar-refractivity contribution in [2.45, 2.75) is 38.5 Å². The van der Waals surface area contributed by atoms with Crippen LogP contribution in [-0.2, 0) is 0 Å². The Balaban J connectivity index is 0.00000168. The Hall–Kier alpha value is -1.66. The first-order valence-corrected chi connectivity index (χ1v) is 9.42. The van der Waals surface area contributed by atoms with E-state index in [1.54, 1.807) is 0 Å². The molecule has 26 heavy (non-hydrogen) atoms. The molecular weight excluding hydrogens is 352 g/mol. The minimum Gasteiger partial charge on any atom is -0.338 e. The van der Waals surface area contributed by atoms with Gasteiger partial charge in [-0.25, -0.2) is 4.98 Å². The highest BCUT2D eigenvalue weighted by Gasteiger charge is 2.39. The highest BCUT2D eigenvalue weighted by atomic mass is 35.5. The van der Waals surface area contributed by atoms with Gasteiger partial charge >= 0.3 is 0 Å². The second-order valence-corrected chi connectivity index (χ2v) is 8.16. The van der Waals surface area contributed by atoms with Crippen LogP contribution in [0, 0.1) is 11.8 Å². The molecule has 0 spiro atoms. The summed E-state index contributed by atoms with van der Waals surface area (Å²) < 4.78 is 5.52. The minimum atomic E-state index is 0. The quantitative estimate of drug-likeness (QED) is 0.891. The standard InChI is InChI=1S/C19H24N4O2.ClH/c1-10(2)17-16-14(5-15(11-3-4-11)21-18(16)25-22-17)19(24)23-8-12-6-20-7-13(12)9-23;/h5,10-13,20H,3-4,6-9H2,1-2H3;1H/t12-,13+;. The first-order chi connectivity index (χ1) is 12.1. The van der Waals surface area contributed by atoms with Gasteiger partial charge in [-0.2, -0.15) is 0 Å². The van der Waals surface area contributed by atoms with Crippen LogP contribution in [0.15, 0.2) is 10.6 Å². The van der Waals surface area contributed by atoms with E-state index in [2.05, 4.69) is 29.3 Å². The first-order valence-electron chi connectivity index (χ1n) is 9.42. The predicted octanol–water partition coefficient (Wildman–Crippen LogP) is 2.94. The van der Waals surface area contributed by atoms with E-state index in [1.165, 1.54) is 0 Å². The zero-order valence-electron chi connectivity index (χ0n) is 15.2. The summed E-state index contributed by atoms with van der Waals surface area (Å²) in [5, 5.41) is 8.48. The van der Waals surface area contributed by atoms with Crippen LogP contribution in [0.1, 0.15) is 60.3 Å². The van der Waals surface area contributed by atoms with E-state index in [-0.39, 0.29) is 24.2 Å². The van der Waals surface area contributed by atoms with Crippen LogP contribution >= 0.6 is 12.4 Å². The van der Waals surface area contributed by atoms with Crippen molar-refractivity contribution in [3.8, 4) is 0 Å². The van der Waals surface area contributed by atoms with Crippen molar-refractivity contribution < 1.29 is 9.32 Å². The molecule has 3 aliphatic rings. The van der Waals surface area contributed by atoms with Crippen LogP contribution in [0.2, 0.25) is 0 Å². The van der Waals surface area contributed by atoms with Gasteiger partial charge in [-0.15, -0.1) is 12.4 Å². The second kappa shape index (κ2) is 6.50. The Morgan fingerprint density at radius 1 is 1.27 bits per heavy atom. The molecule has 2 aromatic rings. The molecule has 0 unspecified atom stereocenters. The monoisotopic (exact) mass is 376 g/mol. The fourth-order valence-electron chi connectivity index (χ4n) is 4.33. The number of hydrogen-bond donors (Lipinski definition) is 1. The molecule has 3 fully saturated rings. The van der Waals surface area contributed by atoms with Crippen LogP contribution in [0.3, 0.4) is 0 Å². The van der Waals surface area contributed by atoms with Gasteiger partial charge < -0.3 is 14.7 Å². The Morgan fingerprint density at radius 3 is 2.58 bits per heavy atom. The zero-order valence-corrected chi connectivity index (χ0v) is 16.0. The number of amides is 1. The van der Waals surface area contributed by atoms with Crippen molar-refractivity contribution >= 4 is 29.4 Å². The summed E-state index contributed by atoms with van der Waals surface area (Å²) >= 11 is 0. The first kappa shape index (κ1) is 17.7. The molecule has 0 aromatic carbocycles. The fraction of sp³-hybridized carbons (Fsp3) is 0.632. The van der Waals surface area contributed by atoms with Crippen LogP contribution in [0.25, 0.3) is 11.1 Å². The van der Waals surface area contributed by atoms with E-state index < -0.39 is 0 Å². The van der Waals surface area contributed by atoms with E-state index in [4.69, 9.17) is 4.52 Å². The molecule has 2 atom stereocenters. The summed E-state index contributed by atoms with van der Waals surface area (Å²) in [4.78, 5) is 20.1. The van der Waals surface area contributed by atoms with E-state index in [0.29, 0.717) is 23.5 Å². The van der Waals surface area contributed by atoms with Crippen molar-refractivity contribution in [3.63, 3.8) is 0 Å². The third-order valence-electron chi connectivity index (χ3n) is 5.94. The van der Waals surface area contributed by atoms with Crippen molar-refractivity contribution in [1.29, 1.82) is 0 Å². The smallest absolute Gasteiger partial charge is 0.259 e. The van der Waals surface area contributed by atoms with Crippen molar-refractivity contribution in [2.75, 3.05) is 26.2 Å². The van der Waals surface area contributed by atoms with Crippen LogP contribution in [0.5, 0.6) is 0 Å². The molecule has 1 amide bonds. The average molecular weight is 377 g/mol. The van der Waals surface area contributed by atoms with Crippen LogP contribution in [0.4, 0.5) is 0 Å². The minimum absolute atomic E-state index is 0. The molecule has 4 heterocycles. The Kier molecular flexibility index (Phi) is 4.43. The van der Waals surface area contributed by atoms with E-state index in [1.807, 2.05) is 11.0 Å². The second-order valence-electron chi connectivity index (χ2n) is 8.16. The summed E-state index contributed by atoms with van der Waals surface area (Å²) in [5.41, 5.74) is 3.10. The van der Waals surface area contributed by atoms with Crippen molar-refractivity contribution in [2.24, 2.45) is 11.8 Å². The van der Waals surface area contributed by atoms with Gasteiger partial charge in [0.05, 0.1) is 16.6 Å². The van der Waals surface area contributed by atoms with Gasteiger partial charge in [0.2, 0.25) is 0 Å². The summed E-state index contributed by atoms with van der Waals surface area (Å²) in [6.45, 7) is 7.90. The van der Waals surface area contributed by atoms with Gasteiger partial charge in [0.15, 0.2) is 0 Å². The lowest BCUT2D eigenvalue weighted by molar-refractivity contribution is 0.0783.